The van der Waals surface area contributed by atoms with Gasteiger partial charge in [-0.25, -0.2) is 15.0 Å². The molecule has 1 saturated heterocycles. The van der Waals surface area contributed by atoms with Gasteiger partial charge in [-0.3, -0.25) is 9.59 Å². The number of primary amides is 1. The van der Waals surface area contributed by atoms with Crippen LogP contribution in [0.4, 0.5) is 13.2 Å². The number of thiazole rings is 1. The Kier molecular flexibility index (Phi) is 5.58. The van der Waals surface area contributed by atoms with Crippen LogP contribution in [0.2, 0.25) is 0 Å². The SMILES string of the molecule is NC(=O)C(c1nccc(C(F)(F)F)n1)c1nc2ccc(C(=O)N3CCNCC3)cc2s1. The number of carbonyl (C=O) groups excluding carboxylic acids is 2. The van der Waals surface area contributed by atoms with Gasteiger partial charge in [0.05, 0.1) is 10.2 Å². The predicted molar refractivity (Wildman–Crippen MR) is 106 cm³/mol. The smallest absolute Gasteiger partial charge is 0.369 e. The summed E-state index contributed by atoms with van der Waals surface area (Å²) in [6.45, 7) is 2.63. The summed E-state index contributed by atoms with van der Waals surface area (Å²) < 4.78 is 39.7. The number of nitrogens with zero attached hydrogens (tertiary/aromatic N) is 4. The van der Waals surface area contributed by atoms with Crippen molar-refractivity contribution in [3.8, 4) is 0 Å². The van der Waals surface area contributed by atoms with Crippen LogP contribution in [0.5, 0.6) is 0 Å². The Hall–Kier alpha value is -3.12. The molecule has 31 heavy (non-hydrogen) atoms. The molecular weight excluding hydrogens is 433 g/mol. The van der Waals surface area contributed by atoms with E-state index in [-0.39, 0.29) is 16.7 Å². The maximum absolute atomic E-state index is 13.0. The van der Waals surface area contributed by atoms with Gasteiger partial charge in [0.25, 0.3) is 5.91 Å². The van der Waals surface area contributed by atoms with Gasteiger partial charge in [0.2, 0.25) is 5.91 Å². The van der Waals surface area contributed by atoms with E-state index in [9.17, 15) is 22.8 Å². The molecular formula is C19H17F3N6O2S. The number of nitrogens with two attached hydrogens (primary N) is 1. The molecule has 0 spiro atoms. The van der Waals surface area contributed by atoms with E-state index in [1.165, 1.54) is 0 Å². The van der Waals surface area contributed by atoms with Crippen molar-refractivity contribution >= 4 is 33.4 Å². The summed E-state index contributed by atoms with van der Waals surface area (Å²) in [5.74, 6) is -2.76. The number of piperazine rings is 1. The molecule has 3 aromatic rings. The fraction of sp³-hybridized carbons (Fsp3) is 0.316. The number of benzene rings is 1. The first-order valence-electron chi connectivity index (χ1n) is 9.34. The Morgan fingerprint density at radius 1 is 1.16 bits per heavy atom. The van der Waals surface area contributed by atoms with E-state index in [1.54, 1.807) is 23.1 Å². The number of hydrogen-bond donors (Lipinski definition) is 2. The first-order valence-corrected chi connectivity index (χ1v) is 10.2. The van der Waals surface area contributed by atoms with Gasteiger partial charge in [-0.1, -0.05) is 0 Å². The number of aromatic nitrogens is 3. The Morgan fingerprint density at radius 3 is 2.58 bits per heavy atom. The van der Waals surface area contributed by atoms with Crippen LogP contribution in [0.15, 0.2) is 30.5 Å². The molecule has 4 rings (SSSR count). The number of hydrogen-bond acceptors (Lipinski definition) is 7. The van der Waals surface area contributed by atoms with Gasteiger partial charge in [-0.05, 0) is 24.3 Å². The predicted octanol–water partition coefficient (Wildman–Crippen LogP) is 1.77. The van der Waals surface area contributed by atoms with E-state index < -0.39 is 23.7 Å². The molecule has 2 aromatic heterocycles. The second-order valence-corrected chi connectivity index (χ2v) is 7.97. The van der Waals surface area contributed by atoms with Crippen LogP contribution in [0.3, 0.4) is 0 Å². The molecule has 1 unspecified atom stereocenters. The third kappa shape index (κ3) is 4.35. The van der Waals surface area contributed by atoms with Gasteiger partial charge in [-0.2, -0.15) is 13.2 Å². The quantitative estimate of drug-likeness (QED) is 0.626. The van der Waals surface area contributed by atoms with Crippen LogP contribution in [-0.4, -0.2) is 57.8 Å². The van der Waals surface area contributed by atoms with Gasteiger partial charge in [0.15, 0.2) is 0 Å². The van der Waals surface area contributed by atoms with Gasteiger partial charge in [0.1, 0.15) is 22.4 Å². The van der Waals surface area contributed by atoms with E-state index in [0.717, 1.165) is 30.6 Å². The zero-order valence-electron chi connectivity index (χ0n) is 16.0. The lowest BCUT2D eigenvalue weighted by Crippen LogP contribution is -2.46. The van der Waals surface area contributed by atoms with Crippen molar-refractivity contribution in [1.29, 1.82) is 0 Å². The number of amides is 2. The zero-order chi connectivity index (χ0) is 22.2. The summed E-state index contributed by atoms with van der Waals surface area (Å²) in [5.41, 5.74) is 5.25. The van der Waals surface area contributed by atoms with Crippen LogP contribution in [0.25, 0.3) is 10.2 Å². The molecule has 8 nitrogen and oxygen atoms in total. The van der Waals surface area contributed by atoms with Gasteiger partial charge in [0, 0.05) is 37.9 Å². The molecule has 1 fully saturated rings. The minimum atomic E-state index is -4.69. The van der Waals surface area contributed by atoms with Crippen LogP contribution in [0, 0.1) is 0 Å². The average molecular weight is 450 g/mol. The number of nitrogens with one attached hydrogen (secondary N) is 1. The summed E-state index contributed by atoms with van der Waals surface area (Å²) in [4.78, 5) is 38.2. The number of rotatable bonds is 4. The molecule has 3 heterocycles. The van der Waals surface area contributed by atoms with Gasteiger partial charge >= 0.3 is 6.18 Å². The fourth-order valence-electron chi connectivity index (χ4n) is 3.28. The molecule has 1 atom stereocenters. The van der Waals surface area contributed by atoms with Crippen molar-refractivity contribution in [2.45, 2.75) is 12.1 Å². The highest BCUT2D eigenvalue weighted by Gasteiger charge is 2.35. The van der Waals surface area contributed by atoms with Crippen molar-refractivity contribution < 1.29 is 22.8 Å². The maximum atomic E-state index is 13.0. The molecule has 12 heteroatoms. The number of alkyl halides is 3. The van der Waals surface area contributed by atoms with Crippen molar-refractivity contribution in [2.75, 3.05) is 26.2 Å². The van der Waals surface area contributed by atoms with E-state index >= 15 is 0 Å². The topological polar surface area (TPSA) is 114 Å². The minimum Gasteiger partial charge on any atom is -0.369 e. The highest BCUT2D eigenvalue weighted by Crippen LogP contribution is 2.33. The summed E-state index contributed by atoms with van der Waals surface area (Å²) in [7, 11) is 0. The molecule has 0 radical (unpaired) electrons. The van der Waals surface area contributed by atoms with Crippen molar-refractivity contribution in [2.24, 2.45) is 5.73 Å². The monoisotopic (exact) mass is 450 g/mol. The van der Waals surface area contributed by atoms with Crippen LogP contribution in [0.1, 0.15) is 32.8 Å². The Morgan fingerprint density at radius 2 is 1.90 bits per heavy atom. The molecule has 1 aliphatic rings. The first kappa shape index (κ1) is 21.1. The fourth-order valence-corrected chi connectivity index (χ4v) is 4.39. The normalized spacial score (nSPS) is 15.8. The molecule has 0 saturated carbocycles. The minimum absolute atomic E-state index is 0.119. The molecule has 3 N–H and O–H groups in total. The van der Waals surface area contributed by atoms with Gasteiger partial charge < -0.3 is 16.0 Å². The molecule has 1 aliphatic heterocycles. The summed E-state index contributed by atoms with van der Waals surface area (Å²) in [5, 5.41) is 3.34. The Balaban J connectivity index is 1.69. The standard InChI is InChI=1S/C19H17F3N6O2S/c20-19(21,22)13-3-4-25-16(27-13)14(15(23)29)17-26-11-2-1-10(9-12(11)31-17)18(30)28-7-5-24-6-8-28/h1-4,9,14,24H,5-8H2,(H2,23,29). The maximum Gasteiger partial charge on any atom is 0.433 e. The second-order valence-electron chi connectivity index (χ2n) is 6.91. The molecule has 162 valence electrons. The van der Waals surface area contributed by atoms with E-state index in [2.05, 4.69) is 20.3 Å². The van der Waals surface area contributed by atoms with E-state index in [0.29, 0.717) is 34.9 Å². The van der Waals surface area contributed by atoms with Crippen molar-refractivity contribution in [1.82, 2.24) is 25.2 Å². The third-order valence-corrected chi connectivity index (χ3v) is 5.89. The van der Waals surface area contributed by atoms with E-state index in [4.69, 9.17) is 5.73 Å². The lowest BCUT2D eigenvalue weighted by Gasteiger charge is -2.27. The molecule has 2 amide bonds. The first-order chi connectivity index (χ1) is 14.7. The Bertz CT molecular complexity index is 1140. The highest BCUT2D eigenvalue weighted by atomic mass is 32.1. The van der Waals surface area contributed by atoms with Gasteiger partial charge in [-0.15, -0.1) is 11.3 Å². The lowest BCUT2D eigenvalue weighted by atomic mass is 10.1. The summed E-state index contributed by atoms with van der Waals surface area (Å²) in [6, 6.07) is 5.64. The highest BCUT2D eigenvalue weighted by molar-refractivity contribution is 7.18. The van der Waals surface area contributed by atoms with E-state index in [1.807, 2.05) is 0 Å². The summed E-state index contributed by atoms with van der Waals surface area (Å²) >= 11 is 1.06. The van der Waals surface area contributed by atoms with Crippen LogP contribution >= 0.6 is 11.3 Å². The Labute approximate surface area is 178 Å². The van der Waals surface area contributed by atoms with Crippen LogP contribution < -0.4 is 11.1 Å². The van der Waals surface area contributed by atoms with Crippen molar-refractivity contribution in [3.05, 3.63) is 52.6 Å². The zero-order valence-corrected chi connectivity index (χ0v) is 16.8. The molecule has 1 aromatic carbocycles. The number of fused-ring (bicyclic) bond motifs is 1. The number of carbonyl (C=O) groups is 2. The lowest BCUT2D eigenvalue weighted by molar-refractivity contribution is -0.141. The largest absolute Gasteiger partial charge is 0.433 e. The third-order valence-electron chi connectivity index (χ3n) is 4.81. The summed E-state index contributed by atoms with van der Waals surface area (Å²) in [6.07, 6.45) is -3.76. The average Bonchev–Trinajstić information content (AvgIpc) is 3.15. The van der Waals surface area contributed by atoms with Crippen molar-refractivity contribution in [3.63, 3.8) is 0 Å². The molecule has 0 bridgehead atoms. The number of halogens is 3. The second kappa shape index (κ2) is 8.19. The van der Waals surface area contributed by atoms with Crippen LogP contribution in [-0.2, 0) is 11.0 Å². The molecule has 0 aliphatic carbocycles.